The zero-order valence-corrected chi connectivity index (χ0v) is 19.5. The standard InChI is InChI=1S/C24H35NO2S/c1-9-11-25-15-17(14-20(25)28-10-2)21(26)16-12-18(23(3,4)5)22(27)19(13-16)24(6,7)8/h12-15,27H,9-11H2,1-8H3. The van der Waals surface area contributed by atoms with Crippen LogP contribution in [-0.2, 0) is 17.4 Å². The van der Waals surface area contributed by atoms with Crippen molar-refractivity contribution < 1.29 is 9.90 Å². The van der Waals surface area contributed by atoms with E-state index in [1.807, 2.05) is 24.4 Å². The summed E-state index contributed by atoms with van der Waals surface area (Å²) in [7, 11) is 0. The second-order valence-corrected chi connectivity index (χ2v) is 10.7. The summed E-state index contributed by atoms with van der Waals surface area (Å²) >= 11 is 1.76. The summed E-state index contributed by atoms with van der Waals surface area (Å²) in [5, 5.41) is 12.0. The van der Waals surface area contributed by atoms with Crippen LogP contribution < -0.4 is 0 Å². The van der Waals surface area contributed by atoms with E-state index < -0.39 is 0 Å². The lowest BCUT2D eigenvalue weighted by Crippen LogP contribution is -2.19. The fourth-order valence-electron chi connectivity index (χ4n) is 3.37. The number of ketones is 1. The van der Waals surface area contributed by atoms with Crippen molar-refractivity contribution in [2.75, 3.05) is 5.75 Å². The van der Waals surface area contributed by atoms with Crippen LogP contribution in [0.15, 0.2) is 29.4 Å². The maximum absolute atomic E-state index is 13.4. The van der Waals surface area contributed by atoms with E-state index in [2.05, 4.69) is 60.0 Å². The molecule has 154 valence electrons. The molecule has 0 unspecified atom stereocenters. The van der Waals surface area contributed by atoms with Crippen LogP contribution >= 0.6 is 11.8 Å². The summed E-state index contributed by atoms with van der Waals surface area (Å²) in [6, 6.07) is 5.75. The molecule has 1 heterocycles. The molecule has 4 heteroatoms. The quantitative estimate of drug-likeness (QED) is 0.441. The molecule has 0 aliphatic heterocycles. The van der Waals surface area contributed by atoms with Gasteiger partial charge < -0.3 is 9.67 Å². The molecule has 0 radical (unpaired) electrons. The second kappa shape index (κ2) is 8.36. The first-order valence-electron chi connectivity index (χ1n) is 10.2. The van der Waals surface area contributed by atoms with Crippen molar-refractivity contribution >= 4 is 17.5 Å². The Hall–Kier alpha value is -1.68. The van der Waals surface area contributed by atoms with Gasteiger partial charge in [-0.05, 0) is 41.2 Å². The number of phenolic OH excluding ortho intramolecular Hbond substituents is 1. The highest BCUT2D eigenvalue weighted by atomic mass is 32.2. The molecule has 2 aromatic rings. The Bertz CT molecular complexity index is 792. The van der Waals surface area contributed by atoms with E-state index >= 15 is 0 Å². The first-order valence-corrected chi connectivity index (χ1v) is 11.1. The van der Waals surface area contributed by atoms with Gasteiger partial charge in [-0.15, -0.1) is 11.8 Å². The number of benzene rings is 1. The van der Waals surface area contributed by atoms with Gasteiger partial charge in [-0.2, -0.15) is 0 Å². The summed E-state index contributed by atoms with van der Waals surface area (Å²) in [6.07, 6.45) is 3.01. The maximum Gasteiger partial charge on any atom is 0.194 e. The molecule has 0 aliphatic rings. The fourth-order valence-corrected chi connectivity index (χ4v) is 4.19. The Kier molecular flexibility index (Phi) is 6.75. The molecule has 0 amide bonds. The molecule has 3 nitrogen and oxygen atoms in total. The first-order chi connectivity index (χ1) is 12.9. The van der Waals surface area contributed by atoms with Crippen molar-refractivity contribution in [3.8, 4) is 5.75 Å². The van der Waals surface area contributed by atoms with Gasteiger partial charge in [0.25, 0.3) is 0 Å². The van der Waals surface area contributed by atoms with Gasteiger partial charge >= 0.3 is 0 Å². The number of carbonyl (C=O) groups is 1. The SMILES string of the molecule is CCCn1cc(C(=O)c2cc(C(C)(C)C)c(O)c(C(C)(C)C)c2)cc1SCC. The van der Waals surface area contributed by atoms with Gasteiger partial charge in [0.15, 0.2) is 5.78 Å². The third kappa shape index (κ3) is 4.83. The number of aryl methyl sites for hydroxylation is 1. The molecular formula is C24H35NO2S. The van der Waals surface area contributed by atoms with Crippen molar-refractivity contribution in [1.82, 2.24) is 4.57 Å². The van der Waals surface area contributed by atoms with Crippen molar-refractivity contribution in [2.24, 2.45) is 0 Å². The predicted octanol–water partition coefficient (Wildman–Crippen LogP) is 6.54. The average Bonchev–Trinajstić information content (AvgIpc) is 2.96. The van der Waals surface area contributed by atoms with Gasteiger partial charge in [-0.3, -0.25) is 4.79 Å². The minimum atomic E-state index is -0.252. The van der Waals surface area contributed by atoms with E-state index in [4.69, 9.17) is 0 Å². The number of nitrogens with zero attached hydrogens (tertiary/aromatic N) is 1. The van der Waals surface area contributed by atoms with Crippen molar-refractivity contribution in [2.45, 2.75) is 84.2 Å². The number of hydrogen-bond acceptors (Lipinski definition) is 3. The molecule has 0 saturated heterocycles. The largest absolute Gasteiger partial charge is 0.507 e. The molecule has 0 spiro atoms. The summed E-state index contributed by atoms with van der Waals surface area (Å²) in [6.45, 7) is 17.6. The van der Waals surface area contributed by atoms with Crippen LogP contribution in [0.3, 0.4) is 0 Å². The number of aromatic nitrogens is 1. The van der Waals surface area contributed by atoms with Crippen LogP contribution in [0.1, 0.15) is 88.9 Å². The lowest BCUT2D eigenvalue weighted by molar-refractivity contribution is 0.103. The zero-order valence-electron chi connectivity index (χ0n) is 18.6. The predicted molar refractivity (Wildman–Crippen MR) is 120 cm³/mol. The van der Waals surface area contributed by atoms with Gasteiger partial charge in [0.05, 0.1) is 5.03 Å². The molecule has 0 aliphatic carbocycles. The minimum absolute atomic E-state index is 0.0174. The Morgan fingerprint density at radius 3 is 1.93 bits per heavy atom. The van der Waals surface area contributed by atoms with Crippen LogP contribution in [0.4, 0.5) is 0 Å². The number of hydrogen-bond donors (Lipinski definition) is 1. The highest BCUT2D eigenvalue weighted by molar-refractivity contribution is 7.99. The number of phenols is 1. The minimum Gasteiger partial charge on any atom is -0.507 e. The summed E-state index contributed by atoms with van der Waals surface area (Å²) in [5.41, 5.74) is 2.50. The molecule has 2 rings (SSSR count). The van der Waals surface area contributed by atoms with Crippen molar-refractivity contribution in [3.63, 3.8) is 0 Å². The van der Waals surface area contributed by atoms with Gasteiger partial charge in [0, 0.05) is 35.0 Å². The monoisotopic (exact) mass is 401 g/mol. The number of thioether (sulfide) groups is 1. The topological polar surface area (TPSA) is 42.2 Å². The molecule has 28 heavy (non-hydrogen) atoms. The number of rotatable bonds is 6. The second-order valence-electron chi connectivity index (χ2n) is 9.44. The molecule has 1 N–H and O–H groups in total. The Labute approximate surface area is 174 Å². The van der Waals surface area contributed by atoms with Crippen LogP contribution in [0.5, 0.6) is 5.75 Å². The zero-order chi connectivity index (χ0) is 21.3. The summed E-state index contributed by atoms with van der Waals surface area (Å²) in [4.78, 5) is 13.4. The van der Waals surface area contributed by atoms with E-state index in [1.54, 1.807) is 11.8 Å². The number of carbonyl (C=O) groups excluding carboxylic acids is 1. The molecule has 1 aromatic heterocycles. The van der Waals surface area contributed by atoms with Crippen molar-refractivity contribution in [1.29, 1.82) is 0 Å². The maximum atomic E-state index is 13.4. The molecule has 0 bridgehead atoms. The number of aromatic hydroxyl groups is 1. The highest BCUT2D eigenvalue weighted by Gasteiger charge is 2.28. The van der Waals surface area contributed by atoms with Crippen molar-refractivity contribution in [3.05, 3.63) is 46.6 Å². The van der Waals surface area contributed by atoms with E-state index in [0.717, 1.165) is 40.4 Å². The van der Waals surface area contributed by atoms with E-state index in [1.165, 1.54) is 0 Å². The summed E-state index contributed by atoms with van der Waals surface area (Å²) in [5.74, 6) is 1.30. The molecule has 1 aromatic carbocycles. The van der Waals surface area contributed by atoms with E-state index in [-0.39, 0.29) is 16.6 Å². The van der Waals surface area contributed by atoms with Crippen LogP contribution in [-0.4, -0.2) is 21.2 Å². The third-order valence-electron chi connectivity index (χ3n) is 4.86. The Balaban J connectivity index is 2.61. The van der Waals surface area contributed by atoms with Gasteiger partial charge in [-0.25, -0.2) is 0 Å². The first kappa shape index (κ1) is 22.6. The molecular weight excluding hydrogens is 366 g/mol. The van der Waals surface area contributed by atoms with Crippen LogP contribution in [0, 0.1) is 0 Å². The van der Waals surface area contributed by atoms with Gasteiger partial charge in [0.1, 0.15) is 5.75 Å². The van der Waals surface area contributed by atoms with Gasteiger partial charge in [0.2, 0.25) is 0 Å². The Morgan fingerprint density at radius 2 is 1.50 bits per heavy atom. The third-order valence-corrected chi connectivity index (χ3v) is 5.80. The average molecular weight is 402 g/mol. The van der Waals surface area contributed by atoms with Crippen LogP contribution in [0.25, 0.3) is 0 Å². The Morgan fingerprint density at radius 1 is 0.964 bits per heavy atom. The smallest absolute Gasteiger partial charge is 0.194 e. The normalized spacial score (nSPS) is 12.4. The van der Waals surface area contributed by atoms with Gasteiger partial charge in [-0.1, -0.05) is 55.4 Å². The molecule has 0 fully saturated rings. The highest BCUT2D eigenvalue weighted by Crippen LogP contribution is 2.40. The van der Waals surface area contributed by atoms with Crippen LogP contribution in [0.2, 0.25) is 0 Å². The fraction of sp³-hybridized carbons (Fsp3) is 0.542. The van der Waals surface area contributed by atoms with E-state index in [0.29, 0.717) is 11.3 Å². The summed E-state index contributed by atoms with van der Waals surface area (Å²) < 4.78 is 2.18. The molecule has 0 atom stereocenters. The lowest BCUT2D eigenvalue weighted by atomic mass is 9.78. The lowest BCUT2D eigenvalue weighted by Gasteiger charge is -2.28. The van der Waals surface area contributed by atoms with E-state index in [9.17, 15) is 9.90 Å². The molecule has 0 saturated carbocycles.